The van der Waals surface area contributed by atoms with Crippen molar-refractivity contribution >= 4 is 35.2 Å². The van der Waals surface area contributed by atoms with Crippen LogP contribution in [0.2, 0.25) is 10.0 Å². The third kappa shape index (κ3) is 5.96. The standard InChI is InChI=1S/C18H18Cl2N2O3/c1-12-5-2-3-7-15(12)17(23)21-22-18(24)25-10-4-6-13-8-9-14(19)11-16(13)20/h2-3,5,7-9,11H,4,6,10H2,1H3,(H,21,23)(H,22,24). The van der Waals surface area contributed by atoms with Gasteiger partial charge in [-0.1, -0.05) is 47.5 Å². The molecular weight excluding hydrogens is 363 g/mol. The van der Waals surface area contributed by atoms with E-state index in [0.717, 1.165) is 11.1 Å². The molecule has 2 rings (SSSR count). The van der Waals surface area contributed by atoms with E-state index in [-0.39, 0.29) is 6.61 Å². The summed E-state index contributed by atoms with van der Waals surface area (Å²) >= 11 is 11.9. The van der Waals surface area contributed by atoms with Crippen molar-refractivity contribution in [1.29, 1.82) is 0 Å². The molecule has 0 radical (unpaired) electrons. The number of rotatable bonds is 5. The second kappa shape index (κ2) is 9.30. The van der Waals surface area contributed by atoms with Crippen LogP contribution in [0, 0.1) is 6.92 Å². The number of carbonyl (C=O) groups is 2. The number of ether oxygens (including phenoxy) is 1. The number of benzene rings is 2. The normalized spacial score (nSPS) is 10.2. The molecule has 132 valence electrons. The Morgan fingerprint density at radius 3 is 2.56 bits per heavy atom. The fourth-order valence-electron chi connectivity index (χ4n) is 2.19. The molecule has 7 heteroatoms. The quantitative estimate of drug-likeness (QED) is 0.599. The SMILES string of the molecule is Cc1ccccc1C(=O)NNC(=O)OCCCc1ccc(Cl)cc1Cl. The van der Waals surface area contributed by atoms with E-state index in [0.29, 0.717) is 28.5 Å². The minimum Gasteiger partial charge on any atom is -0.448 e. The second-order valence-electron chi connectivity index (χ2n) is 5.37. The molecule has 0 heterocycles. The van der Waals surface area contributed by atoms with Gasteiger partial charge in [-0.15, -0.1) is 0 Å². The average molecular weight is 381 g/mol. The molecule has 0 atom stereocenters. The lowest BCUT2D eigenvalue weighted by atomic mass is 10.1. The molecular formula is C18H18Cl2N2O3. The van der Waals surface area contributed by atoms with Crippen LogP contribution in [0.5, 0.6) is 0 Å². The Bertz CT molecular complexity index is 766. The van der Waals surface area contributed by atoms with E-state index in [4.69, 9.17) is 27.9 Å². The predicted octanol–water partition coefficient (Wildman–Crippen LogP) is 4.31. The molecule has 0 aliphatic carbocycles. The summed E-state index contributed by atoms with van der Waals surface area (Å²) in [5.74, 6) is -0.400. The molecule has 2 amide bonds. The maximum Gasteiger partial charge on any atom is 0.426 e. The summed E-state index contributed by atoms with van der Waals surface area (Å²) in [6, 6.07) is 12.4. The van der Waals surface area contributed by atoms with Crippen molar-refractivity contribution in [2.24, 2.45) is 0 Å². The molecule has 0 aliphatic heterocycles. The first-order valence-electron chi connectivity index (χ1n) is 7.70. The first-order valence-corrected chi connectivity index (χ1v) is 8.45. The van der Waals surface area contributed by atoms with Gasteiger partial charge in [0.15, 0.2) is 0 Å². The molecule has 2 N–H and O–H groups in total. The van der Waals surface area contributed by atoms with Gasteiger partial charge in [-0.25, -0.2) is 10.2 Å². The second-order valence-corrected chi connectivity index (χ2v) is 6.21. The minimum atomic E-state index is -0.718. The molecule has 5 nitrogen and oxygen atoms in total. The number of hydrazine groups is 1. The number of hydrogen-bond donors (Lipinski definition) is 2. The van der Waals surface area contributed by atoms with Crippen molar-refractivity contribution in [1.82, 2.24) is 10.9 Å². The molecule has 0 saturated heterocycles. The van der Waals surface area contributed by atoms with Crippen molar-refractivity contribution in [2.75, 3.05) is 6.61 Å². The Morgan fingerprint density at radius 1 is 1.08 bits per heavy atom. The Hall–Kier alpha value is -2.24. The third-order valence-corrected chi connectivity index (χ3v) is 4.09. The molecule has 0 fully saturated rings. The van der Waals surface area contributed by atoms with Crippen LogP contribution in [-0.4, -0.2) is 18.6 Å². The van der Waals surface area contributed by atoms with Gasteiger partial charge in [0, 0.05) is 15.6 Å². The zero-order chi connectivity index (χ0) is 18.2. The lowest BCUT2D eigenvalue weighted by Crippen LogP contribution is -2.42. The van der Waals surface area contributed by atoms with Crippen LogP contribution in [0.4, 0.5) is 4.79 Å². The summed E-state index contributed by atoms with van der Waals surface area (Å²) in [7, 11) is 0. The van der Waals surface area contributed by atoms with E-state index in [2.05, 4.69) is 10.9 Å². The lowest BCUT2D eigenvalue weighted by Gasteiger charge is -2.10. The Kier molecular flexibility index (Phi) is 7.10. The summed E-state index contributed by atoms with van der Waals surface area (Å²) in [5.41, 5.74) is 6.77. The summed E-state index contributed by atoms with van der Waals surface area (Å²) in [5, 5.41) is 1.16. The summed E-state index contributed by atoms with van der Waals surface area (Å²) in [6.07, 6.45) is 0.531. The van der Waals surface area contributed by atoms with E-state index in [1.165, 1.54) is 0 Å². The number of amides is 2. The highest BCUT2D eigenvalue weighted by molar-refractivity contribution is 6.35. The highest BCUT2D eigenvalue weighted by atomic mass is 35.5. The van der Waals surface area contributed by atoms with Gasteiger partial charge >= 0.3 is 6.09 Å². The van der Waals surface area contributed by atoms with Crippen molar-refractivity contribution in [3.05, 3.63) is 69.2 Å². The van der Waals surface area contributed by atoms with Gasteiger partial charge in [-0.05, 0) is 49.1 Å². The van der Waals surface area contributed by atoms with Crippen molar-refractivity contribution in [2.45, 2.75) is 19.8 Å². The van der Waals surface area contributed by atoms with Gasteiger partial charge in [-0.3, -0.25) is 10.2 Å². The van der Waals surface area contributed by atoms with Crippen LogP contribution in [0.25, 0.3) is 0 Å². The van der Waals surface area contributed by atoms with Crippen molar-refractivity contribution in [3.63, 3.8) is 0 Å². The molecule has 0 saturated carbocycles. The van der Waals surface area contributed by atoms with E-state index < -0.39 is 12.0 Å². The maximum atomic E-state index is 11.9. The molecule has 2 aromatic rings. The fourth-order valence-corrected chi connectivity index (χ4v) is 2.69. The predicted molar refractivity (Wildman–Crippen MR) is 97.9 cm³/mol. The number of nitrogens with one attached hydrogen (secondary N) is 2. The monoisotopic (exact) mass is 380 g/mol. The minimum absolute atomic E-state index is 0.199. The van der Waals surface area contributed by atoms with Gasteiger partial charge in [0.25, 0.3) is 5.91 Å². The number of carbonyl (C=O) groups excluding carboxylic acids is 2. The molecule has 0 aliphatic rings. The zero-order valence-corrected chi connectivity index (χ0v) is 15.2. The van der Waals surface area contributed by atoms with Gasteiger partial charge in [0.2, 0.25) is 0 Å². The largest absolute Gasteiger partial charge is 0.448 e. The van der Waals surface area contributed by atoms with Gasteiger partial charge in [0.1, 0.15) is 0 Å². The van der Waals surface area contributed by atoms with Crippen LogP contribution >= 0.6 is 23.2 Å². The average Bonchev–Trinajstić information content (AvgIpc) is 2.58. The highest BCUT2D eigenvalue weighted by Gasteiger charge is 2.10. The van der Waals surface area contributed by atoms with Crippen LogP contribution in [0.1, 0.15) is 27.9 Å². The van der Waals surface area contributed by atoms with Crippen LogP contribution in [-0.2, 0) is 11.2 Å². The third-order valence-electron chi connectivity index (χ3n) is 3.51. The van der Waals surface area contributed by atoms with Crippen LogP contribution in [0.3, 0.4) is 0 Å². The first-order chi connectivity index (χ1) is 12.0. The van der Waals surface area contributed by atoms with Gasteiger partial charge in [-0.2, -0.15) is 0 Å². The zero-order valence-electron chi connectivity index (χ0n) is 13.6. The van der Waals surface area contributed by atoms with Gasteiger partial charge < -0.3 is 4.74 Å². The summed E-state index contributed by atoms with van der Waals surface area (Å²) < 4.78 is 5.01. The van der Waals surface area contributed by atoms with E-state index in [1.54, 1.807) is 24.3 Å². The number of aryl methyl sites for hydroxylation is 2. The Morgan fingerprint density at radius 2 is 1.84 bits per heavy atom. The Balaban J connectivity index is 1.69. The molecule has 2 aromatic carbocycles. The lowest BCUT2D eigenvalue weighted by molar-refractivity contribution is 0.0908. The fraction of sp³-hybridized carbons (Fsp3) is 0.222. The molecule has 0 unspecified atom stereocenters. The van der Waals surface area contributed by atoms with E-state index in [9.17, 15) is 9.59 Å². The van der Waals surface area contributed by atoms with Gasteiger partial charge in [0.05, 0.1) is 6.61 Å². The summed E-state index contributed by atoms with van der Waals surface area (Å²) in [4.78, 5) is 23.5. The maximum absolute atomic E-state index is 11.9. The number of hydrogen-bond acceptors (Lipinski definition) is 3. The topological polar surface area (TPSA) is 67.4 Å². The first kappa shape index (κ1) is 19.1. The molecule has 25 heavy (non-hydrogen) atoms. The van der Waals surface area contributed by atoms with Crippen molar-refractivity contribution in [3.8, 4) is 0 Å². The van der Waals surface area contributed by atoms with Crippen LogP contribution in [0.15, 0.2) is 42.5 Å². The van der Waals surface area contributed by atoms with E-state index >= 15 is 0 Å². The summed E-state index contributed by atoms with van der Waals surface area (Å²) in [6.45, 7) is 2.01. The highest BCUT2D eigenvalue weighted by Crippen LogP contribution is 2.21. The molecule has 0 spiro atoms. The molecule has 0 bridgehead atoms. The van der Waals surface area contributed by atoms with Crippen molar-refractivity contribution < 1.29 is 14.3 Å². The smallest absolute Gasteiger partial charge is 0.426 e. The Labute approximate surface area is 156 Å². The molecule has 0 aromatic heterocycles. The van der Waals surface area contributed by atoms with E-state index in [1.807, 2.05) is 25.1 Å². The number of halogens is 2. The van der Waals surface area contributed by atoms with Crippen LogP contribution < -0.4 is 10.9 Å².